The molecule has 0 radical (unpaired) electrons. The van der Waals surface area contributed by atoms with Gasteiger partial charge in [0, 0.05) is 31.4 Å². The van der Waals surface area contributed by atoms with Crippen molar-refractivity contribution in [1.82, 2.24) is 15.1 Å². The van der Waals surface area contributed by atoms with Gasteiger partial charge in [-0.15, -0.1) is 0 Å². The van der Waals surface area contributed by atoms with E-state index in [1.54, 1.807) is 48.8 Å². The number of para-hydroxylation sites is 1. The fraction of sp³-hybridized carbons (Fsp3) is 0.167. The molecule has 0 aliphatic heterocycles. The Morgan fingerprint density at radius 1 is 1.06 bits per heavy atom. The molecule has 0 unspecified atom stereocenters. The van der Waals surface area contributed by atoms with Crippen LogP contribution in [0.1, 0.15) is 22.7 Å². The summed E-state index contributed by atoms with van der Waals surface area (Å²) in [7, 11) is -2.37. The summed E-state index contributed by atoms with van der Waals surface area (Å²) in [5.41, 5.74) is 1.42. The zero-order chi connectivity index (χ0) is 24.0. The summed E-state index contributed by atoms with van der Waals surface area (Å²) < 4.78 is 37.6. The van der Waals surface area contributed by atoms with Crippen LogP contribution in [0, 0.1) is 0 Å². The number of aryl methyl sites for hydroxylation is 1. The molecule has 10 heteroatoms. The predicted molar refractivity (Wildman–Crippen MR) is 125 cm³/mol. The average molecular weight is 479 g/mol. The van der Waals surface area contributed by atoms with Crippen molar-refractivity contribution in [3.63, 3.8) is 0 Å². The fourth-order valence-corrected chi connectivity index (χ4v) is 4.40. The Hall–Kier alpha value is -4.05. The number of esters is 1. The zero-order valence-electron chi connectivity index (χ0n) is 18.4. The van der Waals surface area contributed by atoms with Crippen molar-refractivity contribution in [2.24, 2.45) is 0 Å². The summed E-state index contributed by atoms with van der Waals surface area (Å²) in [4.78, 5) is 20.8. The highest BCUT2D eigenvalue weighted by Gasteiger charge is 2.22. The first-order chi connectivity index (χ1) is 16.4. The highest BCUT2D eigenvalue weighted by molar-refractivity contribution is 7.92. The number of anilines is 1. The van der Waals surface area contributed by atoms with E-state index in [0.717, 1.165) is 5.56 Å². The zero-order valence-corrected chi connectivity index (χ0v) is 19.2. The molecule has 174 valence electrons. The second-order valence-corrected chi connectivity index (χ2v) is 9.30. The van der Waals surface area contributed by atoms with Crippen molar-refractivity contribution >= 4 is 21.7 Å². The summed E-state index contributed by atoms with van der Waals surface area (Å²) in [5.74, 6) is 0.256. The third-order valence-electron chi connectivity index (χ3n) is 5.00. The molecule has 0 saturated heterocycles. The summed E-state index contributed by atoms with van der Waals surface area (Å²) in [6.45, 7) is 0.115. The van der Waals surface area contributed by atoms with Crippen LogP contribution in [-0.2, 0) is 21.2 Å². The minimum Gasteiger partial charge on any atom is -0.462 e. The minimum atomic E-state index is -3.84. The Kier molecular flexibility index (Phi) is 6.98. The van der Waals surface area contributed by atoms with Gasteiger partial charge in [-0.05, 0) is 48.9 Å². The summed E-state index contributed by atoms with van der Waals surface area (Å²) in [5, 5.41) is 3.92. The maximum Gasteiger partial charge on any atom is 0.338 e. The average Bonchev–Trinajstić information content (AvgIpc) is 3.36. The van der Waals surface area contributed by atoms with Gasteiger partial charge < -0.3 is 9.26 Å². The molecule has 0 saturated carbocycles. The predicted octanol–water partition coefficient (Wildman–Crippen LogP) is 3.75. The molecule has 0 atom stereocenters. The molecule has 2 aromatic carbocycles. The van der Waals surface area contributed by atoms with Gasteiger partial charge in [0.1, 0.15) is 0 Å². The van der Waals surface area contributed by atoms with Crippen LogP contribution in [0.3, 0.4) is 0 Å². The number of sulfonamides is 1. The summed E-state index contributed by atoms with van der Waals surface area (Å²) in [6.07, 6.45) is 4.19. The number of pyridine rings is 1. The van der Waals surface area contributed by atoms with Crippen molar-refractivity contribution in [1.29, 1.82) is 0 Å². The number of ether oxygens (including phenoxy) is 1. The van der Waals surface area contributed by atoms with Crippen molar-refractivity contribution in [2.75, 3.05) is 18.0 Å². The molecule has 0 fully saturated rings. The molecular formula is C24H22N4O5S. The third kappa shape index (κ3) is 5.29. The number of nitrogens with zero attached hydrogens (tertiary/aromatic N) is 4. The SMILES string of the molecule is CN(c1ccccc1)S(=O)(=O)c1cccc(C(=O)OCCCc2nc(-c3cccnc3)no2)c1. The topological polar surface area (TPSA) is 115 Å². The van der Waals surface area contributed by atoms with E-state index >= 15 is 0 Å². The van der Waals surface area contributed by atoms with Gasteiger partial charge in [0.15, 0.2) is 0 Å². The largest absolute Gasteiger partial charge is 0.462 e. The Morgan fingerprint density at radius 2 is 1.88 bits per heavy atom. The normalized spacial score (nSPS) is 11.2. The van der Waals surface area contributed by atoms with Gasteiger partial charge in [-0.3, -0.25) is 9.29 Å². The van der Waals surface area contributed by atoms with Gasteiger partial charge in [0.2, 0.25) is 11.7 Å². The number of benzene rings is 2. The molecule has 0 aliphatic carbocycles. The lowest BCUT2D eigenvalue weighted by molar-refractivity contribution is 0.0498. The van der Waals surface area contributed by atoms with Gasteiger partial charge in [0.25, 0.3) is 10.0 Å². The molecular weight excluding hydrogens is 456 g/mol. The Morgan fingerprint density at radius 3 is 2.65 bits per heavy atom. The molecule has 2 aromatic heterocycles. The Balaban J connectivity index is 1.34. The monoisotopic (exact) mass is 478 g/mol. The van der Waals surface area contributed by atoms with Crippen LogP contribution >= 0.6 is 0 Å². The highest BCUT2D eigenvalue weighted by Crippen LogP contribution is 2.22. The van der Waals surface area contributed by atoms with E-state index in [1.807, 2.05) is 6.07 Å². The molecule has 34 heavy (non-hydrogen) atoms. The van der Waals surface area contributed by atoms with Crippen LogP contribution in [0.25, 0.3) is 11.4 Å². The molecule has 0 bridgehead atoms. The van der Waals surface area contributed by atoms with Crippen LogP contribution in [-0.4, -0.2) is 43.2 Å². The molecule has 0 aliphatic rings. The van der Waals surface area contributed by atoms with Gasteiger partial charge >= 0.3 is 5.97 Å². The van der Waals surface area contributed by atoms with Crippen molar-refractivity contribution in [3.05, 3.63) is 90.6 Å². The summed E-state index contributed by atoms with van der Waals surface area (Å²) >= 11 is 0. The van der Waals surface area contributed by atoms with E-state index in [-0.39, 0.29) is 17.1 Å². The maximum atomic E-state index is 13.0. The summed E-state index contributed by atoms with van der Waals surface area (Å²) in [6, 6.07) is 18.1. The molecule has 2 heterocycles. The van der Waals surface area contributed by atoms with Crippen LogP contribution in [0.4, 0.5) is 5.69 Å². The maximum absolute atomic E-state index is 13.0. The lowest BCUT2D eigenvalue weighted by Gasteiger charge is -2.19. The lowest BCUT2D eigenvalue weighted by Crippen LogP contribution is -2.26. The van der Waals surface area contributed by atoms with Crippen molar-refractivity contribution in [3.8, 4) is 11.4 Å². The Bertz CT molecular complexity index is 1360. The molecule has 0 N–H and O–H groups in total. The van der Waals surface area contributed by atoms with Crippen LogP contribution < -0.4 is 4.31 Å². The standard InChI is InChI=1S/C24H22N4O5S/c1-28(20-10-3-2-4-11-20)34(30,31)21-12-5-8-18(16-21)24(29)32-15-7-13-22-26-23(27-33-22)19-9-6-14-25-17-19/h2-6,8-12,14,16-17H,7,13,15H2,1H3. The molecule has 4 aromatic rings. The number of carbonyl (C=O) groups excluding carboxylic acids is 1. The van der Waals surface area contributed by atoms with E-state index in [0.29, 0.717) is 30.2 Å². The van der Waals surface area contributed by atoms with Gasteiger partial charge in [-0.25, -0.2) is 13.2 Å². The van der Waals surface area contributed by atoms with Gasteiger partial charge in [0.05, 0.1) is 22.8 Å². The Labute approximate surface area is 197 Å². The number of rotatable bonds is 9. The van der Waals surface area contributed by atoms with E-state index in [9.17, 15) is 13.2 Å². The van der Waals surface area contributed by atoms with Crippen molar-refractivity contribution in [2.45, 2.75) is 17.7 Å². The minimum absolute atomic E-state index is 0.00194. The molecule has 9 nitrogen and oxygen atoms in total. The van der Waals surface area contributed by atoms with E-state index in [2.05, 4.69) is 15.1 Å². The van der Waals surface area contributed by atoms with Gasteiger partial charge in [-0.1, -0.05) is 29.4 Å². The number of carbonyl (C=O) groups is 1. The first-order valence-corrected chi connectivity index (χ1v) is 11.9. The van der Waals surface area contributed by atoms with Crippen molar-refractivity contribution < 1.29 is 22.5 Å². The quantitative estimate of drug-likeness (QED) is 0.264. The second kappa shape index (κ2) is 10.3. The van der Waals surface area contributed by atoms with E-state index in [4.69, 9.17) is 9.26 Å². The van der Waals surface area contributed by atoms with Crippen LogP contribution in [0.2, 0.25) is 0 Å². The smallest absolute Gasteiger partial charge is 0.338 e. The first kappa shape index (κ1) is 23.1. The highest BCUT2D eigenvalue weighted by atomic mass is 32.2. The lowest BCUT2D eigenvalue weighted by atomic mass is 10.2. The third-order valence-corrected chi connectivity index (χ3v) is 6.79. The van der Waals surface area contributed by atoms with E-state index < -0.39 is 16.0 Å². The number of hydrogen-bond acceptors (Lipinski definition) is 8. The number of hydrogen-bond donors (Lipinski definition) is 0. The molecule has 4 rings (SSSR count). The van der Waals surface area contributed by atoms with E-state index in [1.165, 1.54) is 35.6 Å². The number of aromatic nitrogens is 3. The van der Waals surface area contributed by atoms with Gasteiger partial charge in [-0.2, -0.15) is 4.98 Å². The first-order valence-electron chi connectivity index (χ1n) is 10.5. The molecule has 0 amide bonds. The second-order valence-electron chi connectivity index (χ2n) is 7.33. The van der Waals surface area contributed by atoms with Crippen LogP contribution in [0.15, 0.2) is 88.5 Å². The molecule has 0 spiro atoms. The fourth-order valence-electron chi connectivity index (χ4n) is 3.16. The van der Waals surface area contributed by atoms with Crippen LogP contribution in [0.5, 0.6) is 0 Å².